The molecule has 1 unspecified atom stereocenters. The second kappa shape index (κ2) is 4.64. The molecule has 4 heteroatoms. The van der Waals surface area contributed by atoms with Crippen molar-refractivity contribution >= 4 is 11.6 Å². The summed E-state index contributed by atoms with van der Waals surface area (Å²) in [7, 11) is 0. The Morgan fingerprint density at radius 1 is 1.33 bits per heavy atom. The first-order chi connectivity index (χ1) is 7.33. The summed E-state index contributed by atoms with van der Waals surface area (Å²) < 4.78 is 12.3. The van der Waals surface area contributed by atoms with Gasteiger partial charge in [-0.05, 0) is 5.56 Å². The maximum Gasteiger partial charge on any atom is 0.128 e. The van der Waals surface area contributed by atoms with E-state index < -0.39 is 6.67 Å². The lowest BCUT2D eigenvalue weighted by Crippen LogP contribution is -2.25. The average Bonchev–Trinajstić information content (AvgIpc) is 2.62. The standard InChI is InChI=1S/C11H11ClFNO/c12-10-8-15-14(7-6-13)11(10)9-4-2-1-3-5-9/h1-5,8,11H,6-7H2. The van der Waals surface area contributed by atoms with Gasteiger partial charge in [0.2, 0.25) is 0 Å². The van der Waals surface area contributed by atoms with Gasteiger partial charge in [0, 0.05) is 0 Å². The molecule has 2 rings (SSSR count). The largest absolute Gasteiger partial charge is 0.411 e. The Morgan fingerprint density at radius 3 is 2.73 bits per heavy atom. The molecule has 0 fully saturated rings. The molecule has 0 aliphatic carbocycles. The molecule has 0 bridgehead atoms. The molecular formula is C11H11ClFNO. The highest BCUT2D eigenvalue weighted by Crippen LogP contribution is 2.35. The molecule has 1 heterocycles. The molecule has 1 aliphatic rings. The van der Waals surface area contributed by atoms with Crippen molar-refractivity contribution in [2.75, 3.05) is 13.2 Å². The molecule has 0 saturated carbocycles. The lowest BCUT2D eigenvalue weighted by molar-refractivity contribution is -0.108. The van der Waals surface area contributed by atoms with E-state index in [-0.39, 0.29) is 12.6 Å². The van der Waals surface area contributed by atoms with Crippen LogP contribution in [0.4, 0.5) is 4.39 Å². The first-order valence-corrected chi connectivity index (χ1v) is 5.10. The van der Waals surface area contributed by atoms with E-state index in [2.05, 4.69) is 0 Å². The summed E-state index contributed by atoms with van der Waals surface area (Å²) in [5.74, 6) is 0. The van der Waals surface area contributed by atoms with Gasteiger partial charge < -0.3 is 4.84 Å². The van der Waals surface area contributed by atoms with Crippen molar-refractivity contribution in [1.82, 2.24) is 5.06 Å². The van der Waals surface area contributed by atoms with Crippen LogP contribution in [0.5, 0.6) is 0 Å². The van der Waals surface area contributed by atoms with Crippen molar-refractivity contribution in [2.45, 2.75) is 6.04 Å². The van der Waals surface area contributed by atoms with Crippen molar-refractivity contribution < 1.29 is 9.23 Å². The van der Waals surface area contributed by atoms with E-state index in [1.807, 2.05) is 30.3 Å². The first kappa shape index (κ1) is 10.5. The number of hydroxylamine groups is 2. The van der Waals surface area contributed by atoms with Crippen LogP contribution in [-0.4, -0.2) is 18.3 Å². The Kier molecular flexibility index (Phi) is 3.23. The minimum atomic E-state index is -0.457. The monoisotopic (exact) mass is 227 g/mol. The van der Waals surface area contributed by atoms with Gasteiger partial charge in [0.05, 0.1) is 11.6 Å². The summed E-state index contributed by atoms with van der Waals surface area (Å²) in [5, 5.41) is 2.12. The molecule has 15 heavy (non-hydrogen) atoms. The highest BCUT2D eigenvalue weighted by Gasteiger charge is 2.29. The molecule has 80 valence electrons. The normalized spacial score (nSPS) is 21.2. The highest BCUT2D eigenvalue weighted by molar-refractivity contribution is 6.30. The minimum absolute atomic E-state index is 0.177. The Labute approximate surface area is 92.9 Å². The zero-order valence-corrected chi connectivity index (χ0v) is 8.82. The summed E-state index contributed by atoms with van der Waals surface area (Å²) in [6.07, 6.45) is 1.45. The lowest BCUT2D eigenvalue weighted by Gasteiger charge is -2.22. The van der Waals surface area contributed by atoms with Gasteiger partial charge in [-0.25, -0.2) is 4.39 Å². The molecule has 1 atom stereocenters. The number of rotatable bonds is 3. The molecule has 0 aromatic heterocycles. The molecule has 0 amide bonds. The number of halogens is 2. The van der Waals surface area contributed by atoms with Gasteiger partial charge in [-0.2, -0.15) is 0 Å². The van der Waals surface area contributed by atoms with E-state index >= 15 is 0 Å². The molecule has 1 aromatic carbocycles. The van der Waals surface area contributed by atoms with Crippen LogP contribution >= 0.6 is 11.6 Å². The summed E-state index contributed by atoms with van der Waals surface area (Å²) in [6, 6.07) is 9.48. The van der Waals surface area contributed by atoms with Crippen LogP contribution in [0, 0.1) is 0 Å². The van der Waals surface area contributed by atoms with Crippen molar-refractivity contribution in [1.29, 1.82) is 0 Å². The van der Waals surface area contributed by atoms with E-state index in [4.69, 9.17) is 16.4 Å². The predicted octanol–water partition coefficient (Wildman–Crippen LogP) is 3.02. The maximum absolute atomic E-state index is 12.3. The maximum atomic E-state index is 12.3. The molecule has 2 nitrogen and oxygen atoms in total. The Bertz CT molecular complexity index is 355. The SMILES string of the molecule is FCCN1OC=C(Cl)C1c1ccccc1. The second-order valence-corrected chi connectivity index (χ2v) is 3.69. The van der Waals surface area contributed by atoms with E-state index in [0.717, 1.165) is 5.56 Å². The van der Waals surface area contributed by atoms with Crippen LogP contribution in [0.2, 0.25) is 0 Å². The number of benzene rings is 1. The van der Waals surface area contributed by atoms with E-state index in [9.17, 15) is 4.39 Å². The lowest BCUT2D eigenvalue weighted by atomic mass is 10.1. The highest BCUT2D eigenvalue weighted by atomic mass is 35.5. The number of hydrogen-bond acceptors (Lipinski definition) is 2. The second-order valence-electron chi connectivity index (χ2n) is 3.25. The zero-order valence-electron chi connectivity index (χ0n) is 8.07. The van der Waals surface area contributed by atoms with E-state index in [1.54, 1.807) is 0 Å². The Balaban J connectivity index is 2.22. The van der Waals surface area contributed by atoms with Crippen LogP contribution in [0.15, 0.2) is 41.6 Å². The predicted molar refractivity (Wildman–Crippen MR) is 56.9 cm³/mol. The third-order valence-electron chi connectivity index (χ3n) is 2.27. The molecule has 0 saturated heterocycles. The number of hydrogen-bond donors (Lipinski definition) is 0. The van der Waals surface area contributed by atoms with Gasteiger partial charge in [-0.3, -0.25) is 0 Å². The van der Waals surface area contributed by atoms with Gasteiger partial charge in [-0.1, -0.05) is 41.9 Å². The first-order valence-electron chi connectivity index (χ1n) is 4.73. The molecule has 1 aromatic rings. The van der Waals surface area contributed by atoms with Crippen molar-refractivity contribution in [3.05, 3.63) is 47.2 Å². The summed E-state index contributed by atoms with van der Waals surface area (Å²) >= 11 is 6.02. The zero-order chi connectivity index (χ0) is 10.7. The molecule has 0 radical (unpaired) electrons. The van der Waals surface area contributed by atoms with Crippen LogP contribution in [0.25, 0.3) is 0 Å². The summed E-state index contributed by atoms with van der Waals surface area (Å²) in [4.78, 5) is 5.17. The topological polar surface area (TPSA) is 12.5 Å². The fourth-order valence-corrected chi connectivity index (χ4v) is 1.88. The Hall–Kier alpha value is -1.06. The van der Waals surface area contributed by atoms with Gasteiger partial charge in [0.15, 0.2) is 0 Å². The van der Waals surface area contributed by atoms with E-state index in [0.29, 0.717) is 5.03 Å². The fourth-order valence-electron chi connectivity index (χ4n) is 1.61. The molecule has 0 N–H and O–H groups in total. The third kappa shape index (κ3) is 2.13. The summed E-state index contributed by atoms with van der Waals surface area (Å²) in [6.45, 7) is -0.242. The van der Waals surface area contributed by atoms with Crippen molar-refractivity contribution in [3.8, 4) is 0 Å². The minimum Gasteiger partial charge on any atom is -0.411 e. The van der Waals surface area contributed by atoms with Gasteiger partial charge in [0.1, 0.15) is 19.0 Å². The number of alkyl halides is 1. The quantitative estimate of drug-likeness (QED) is 0.787. The third-order valence-corrected chi connectivity index (χ3v) is 2.57. The van der Waals surface area contributed by atoms with Crippen LogP contribution < -0.4 is 0 Å². The van der Waals surface area contributed by atoms with Gasteiger partial charge >= 0.3 is 0 Å². The van der Waals surface area contributed by atoms with Crippen molar-refractivity contribution in [3.63, 3.8) is 0 Å². The van der Waals surface area contributed by atoms with Gasteiger partial charge in [-0.15, -0.1) is 5.06 Å². The molecule has 0 spiro atoms. The van der Waals surface area contributed by atoms with Crippen LogP contribution in [-0.2, 0) is 4.84 Å². The molecular weight excluding hydrogens is 217 g/mol. The van der Waals surface area contributed by atoms with Crippen LogP contribution in [0.3, 0.4) is 0 Å². The smallest absolute Gasteiger partial charge is 0.128 e. The van der Waals surface area contributed by atoms with Gasteiger partial charge in [0.25, 0.3) is 0 Å². The Morgan fingerprint density at radius 2 is 2.07 bits per heavy atom. The number of nitrogens with zero attached hydrogens (tertiary/aromatic N) is 1. The van der Waals surface area contributed by atoms with E-state index in [1.165, 1.54) is 11.3 Å². The molecule has 1 aliphatic heterocycles. The summed E-state index contributed by atoms with van der Waals surface area (Å²) in [5.41, 5.74) is 1.00. The van der Waals surface area contributed by atoms with Crippen molar-refractivity contribution in [2.24, 2.45) is 0 Å². The fraction of sp³-hybridized carbons (Fsp3) is 0.273. The van der Waals surface area contributed by atoms with Crippen LogP contribution in [0.1, 0.15) is 11.6 Å². The average molecular weight is 228 g/mol.